The zero-order valence-corrected chi connectivity index (χ0v) is 31.9. The first-order chi connectivity index (χ1) is 18.1. The second-order valence-electron chi connectivity index (χ2n) is 8.73. The molecule has 4 rings (SSSR count). The summed E-state index contributed by atoms with van der Waals surface area (Å²) >= 11 is 0. The summed E-state index contributed by atoms with van der Waals surface area (Å²) in [7, 11) is 0. The first-order valence-electron chi connectivity index (χ1n) is 11.5. The zero-order chi connectivity index (χ0) is 27.4. The van der Waals surface area contributed by atoms with Gasteiger partial charge in [0.2, 0.25) is 0 Å². The topological polar surface area (TPSA) is 149 Å². The van der Waals surface area contributed by atoms with Gasteiger partial charge in [0.1, 0.15) is 0 Å². The van der Waals surface area contributed by atoms with Crippen LogP contribution in [-0.2, 0) is 11.8 Å². The van der Waals surface area contributed by atoms with E-state index in [0.717, 1.165) is 5.56 Å². The molecule has 42 heavy (non-hydrogen) atoms. The number of aromatic carboxylic acids is 4. The molecule has 4 aromatic carbocycles. The van der Waals surface area contributed by atoms with E-state index in [2.05, 4.69) is 0 Å². The molecule has 190 valence electrons. The SMILES string of the molecule is O=C(O)c1ccc(CC(c2ccc(C(=O)O)cc2)(c2ccc(C(=O)O)cc2)c2ccc(C(=O)O)cc2)cc1.[Na+].[Na+].[Na+].[Na+]. The van der Waals surface area contributed by atoms with E-state index in [0.29, 0.717) is 16.7 Å². The van der Waals surface area contributed by atoms with Gasteiger partial charge in [-0.1, -0.05) is 48.5 Å². The first-order valence-corrected chi connectivity index (χ1v) is 11.5. The number of hydrogen-bond donors (Lipinski definition) is 4. The molecule has 0 aromatic heterocycles. The van der Waals surface area contributed by atoms with Crippen LogP contribution in [0.25, 0.3) is 0 Å². The molecule has 4 N–H and O–H groups in total. The largest absolute Gasteiger partial charge is 1.00 e. The Morgan fingerprint density at radius 2 is 0.619 bits per heavy atom. The van der Waals surface area contributed by atoms with E-state index in [1.165, 1.54) is 48.5 Å². The molecule has 4 aromatic rings. The predicted octanol–water partition coefficient (Wildman–Crippen LogP) is -6.93. The van der Waals surface area contributed by atoms with E-state index < -0.39 is 29.3 Å². The van der Waals surface area contributed by atoms with Gasteiger partial charge >= 0.3 is 142 Å². The Morgan fingerprint density at radius 3 is 0.833 bits per heavy atom. The van der Waals surface area contributed by atoms with Crippen LogP contribution in [0.15, 0.2) is 97.1 Å². The minimum Gasteiger partial charge on any atom is -0.478 e. The van der Waals surface area contributed by atoms with Gasteiger partial charge in [-0.2, -0.15) is 0 Å². The average Bonchev–Trinajstić information content (AvgIpc) is 2.92. The monoisotopic (exact) mass is 602 g/mol. The normalized spacial score (nSPS) is 10.0. The van der Waals surface area contributed by atoms with Crippen molar-refractivity contribution in [3.63, 3.8) is 0 Å². The van der Waals surface area contributed by atoms with Crippen LogP contribution in [-0.4, -0.2) is 44.3 Å². The molecule has 0 spiro atoms. The second-order valence-corrected chi connectivity index (χ2v) is 8.73. The van der Waals surface area contributed by atoms with Crippen LogP contribution >= 0.6 is 0 Å². The fourth-order valence-corrected chi connectivity index (χ4v) is 4.57. The van der Waals surface area contributed by atoms with E-state index in [1.807, 2.05) is 0 Å². The quantitative estimate of drug-likeness (QED) is 0.109. The van der Waals surface area contributed by atoms with E-state index in [4.69, 9.17) is 0 Å². The molecular weight excluding hydrogens is 580 g/mol. The van der Waals surface area contributed by atoms with Gasteiger partial charge in [0.15, 0.2) is 0 Å². The maximum absolute atomic E-state index is 11.5. The van der Waals surface area contributed by atoms with E-state index in [-0.39, 0.29) is 147 Å². The summed E-state index contributed by atoms with van der Waals surface area (Å²) in [6, 6.07) is 25.2. The van der Waals surface area contributed by atoms with Gasteiger partial charge in [0, 0.05) is 5.41 Å². The summed E-state index contributed by atoms with van der Waals surface area (Å²) in [5, 5.41) is 37.6. The summed E-state index contributed by atoms with van der Waals surface area (Å²) in [6.07, 6.45) is 0.276. The van der Waals surface area contributed by atoms with Crippen molar-refractivity contribution in [2.75, 3.05) is 0 Å². The molecule has 0 atom stereocenters. The van der Waals surface area contributed by atoms with Crippen LogP contribution in [0.1, 0.15) is 63.7 Å². The standard InChI is InChI=1S/C30H22O8.4Na/c31-26(32)19-3-1-18(2-4-19)17-30(23-11-5-20(6-12-23)27(33)34,24-13-7-21(8-14-24)28(35)36)25-15-9-22(10-16-25)29(37)38;;;;/h1-16H,17H2,(H,31,32)(H,33,34)(H,35,36)(H,37,38);;;;/q;4*+1. The maximum atomic E-state index is 11.5. The fraction of sp³-hybridized carbons (Fsp3) is 0.0667. The molecule has 0 unspecified atom stereocenters. The van der Waals surface area contributed by atoms with Gasteiger partial charge < -0.3 is 20.4 Å². The number of hydrogen-bond acceptors (Lipinski definition) is 4. The molecule has 0 saturated heterocycles. The number of carboxylic acid groups (broad SMARTS) is 4. The molecule has 0 saturated carbocycles. The average molecular weight is 602 g/mol. The zero-order valence-electron chi connectivity index (χ0n) is 23.9. The number of carboxylic acids is 4. The van der Waals surface area contributed by atoms with Crippen LogP contribution in [0.5, 0.6) is 0 Å². The Balaban J connectivity index is 0.00000420. The van der Waals surface area contributed by atoms with Gasteiger partial charge in [0.25, 0.3) is 0 Å². The van der Waals surface area contributed by atoms with Crippen LogP contribution < -0.4 is 118 Å². The predicted molar refractivity (Wildman–Crippen MR) is 137 cm³/mol. The van der Waals surface area contributed by atoms with Gasteiger partial charge in [-0.05, 0) is 77.2 Å². The summed E-state index contributed by atoms with van der Waals surface area (Å²) in [5.74, 6) is -4.35. The number of carbonyl (C=O) groups is 4. The van der Waals surface area contributed by atoms with E-state index >= 15 is 0 Å². The number of rotatable bonds is 9. The summed E-state index contributed by atoms with van der Waals surface area (Å²) < 4.78 is 0. The molecule has 0 fully saturated rings. The Bertz CT molecular complexity index is 1380. The van der Waals surface area contributed by atoms with Crippen molar-refractivity contribution in [3.05, 3.63) is 142 Å². The first kappa shape index (κ1) is 40.8. The third-order valence-electron chi connectivity index (χ3n) is 6.54. The Morgan fingerprint density at radius 1 is 0.405 bits per heavy atom. The molecule has 8 nitrogen and oxygen atoms in total. The smallest absolute Gasteiger partial charge is 0.478 e. The van der Waals surface area contributed by atoms with Crippen LogP contribution in [0.3, 0.4) is 0 Å². The third kappa shape index (κ3) is 9.14. The second kappa shape index (κ2) is 17.9. The molecule has 0 radical (unpaired) electrons. The number of benzene rings is 4. The van der Waals surface area contributed by atoms with Crippen molar-refractivity contribution in [3.8, 4) is 0 Å². The van der Waals surface area contributed by atoms with Gasteiger partial charge in [-0.15, -0.1) is 0 Å². The summed E-state index contributed by atoms with van der Waals surface area (Å²) in [4.78, 5) is 45.9. The molecule has 0 aliphatic rings. The summed E-state index contributed by atoms with van der Waals surface area (Å²) in [6.45, 7) is 0. The van der Waals surface area contributed by atoms with Gasteiger partial charge in [-0.3, -0.25) is 0 Å². The van der Waals surface area contributed by atoms with Crippen molar-refractivity contribution in [1.82, 2.24) is 0 Å². The molecule has 0 aliphatic heterocycles. The minimum absolute atomic E-state index is 0. The Hall–Kier alpha value is -1.24. The van der Waals surface area contributed by atoms with E-state index in [1.54, 1.807) is 48.5 Å². The molecule has 0 heterocycles. The van der Waals surface area contributed by atoms with Crippen molar-refractivity contribution in [2.45, 2.75) is 11.8 Å². The molecule has 0 amide bonds. The minimum atomic E-state index is -1.09. The Kier molecular flexibility index (Phi) is 17.4. The fourth-order valence-electron chi connectivity index (χ4n) is 4.57. The molecule has 12 heteroatoms. The summed E-state index contributed by atoms with van der Waals surface area (Å²) in [5.41, 5.74) is 2.12. The van der Waals surface area contributed by atoms with Crippen LogP contribution in [0.4, 0.5) is 0 Å². The van der Waals surface area contributed by atoms with Crippen molar-refractivity contribution >= 4 is 23.9 Å². The van der Waals surface area contributed by atoms with Crippen molar-refractivity contribution in [2.24, 2.45) is 0 Å². The van der Waals surface area contributed by atoms with Crippen molar-refractivity contribution in [1.29, 1.82) is 0 Å². The maximum Gasteiger partial charge on any atom is 1.00 e. The molecule has 0 bridgehead atoms. The van der Waals surface area contributed by atoms with Crippen LogP contribution in [0, 0.1) is 0 Å². The van der Waals surface area contributed by atoms with E-state index in [9.17, 15) is 39.6 Å². The molecule has 0 aliphatic carbocycles. The van der Waals surface area contributed by atoms with Crippen LogP contribution in [0.2, 0.25) is 0 Å². The van der Waals surface area contributed by atoms with Crippen molar-refractivity contribution < 1.29 is 158 Å². The van der Waals surface area contributed by atoms with Gasteiger partial charge in [0.05, 0.1) is 22.3 Å². The molecular formula is C30H22Na4O8+4. The Labute approximate surface area is 330 Å². The third-order valence-corrected chi connectivity index (χ3v) is 6.54. The van der Waals surface area contributed by atoms with Gasteiger partial charge in [-0.25, -0.2) is 19.2 Å².